The summed E-state index contributed by atoms with van der Waals surface area (Å²) in [7, 11) is 0. The zero-order valence-electron chi connectivity index (χ0n) is 18.0. The zero-order valence-corrected chi connectivity index (χ0v) is 18.0. The van der Waals surface area contributed by atoms with Gasteiger partial charge in [-0.2, -0.15) is 5.26 Å². The van der Waals surface area contributed by atoms with Crippen LogP contribution in [0.1, 0.15) is 43.7 Å². The van der Waals surface area contributed by atoms with E-state index >= 15 is 0 Å². The molecule has 0 spiro atoms. The van der Waals surface area contributed by atoms with E-state index in [0.29, 0.717) is 18.7 Å². The molecular weight excluding hydrogens is 384 g/mol. The fourth-order valence-corrected chi connectivity index (χ4v) is 4.64. The quantitative estimate of drug-likeness (QED) is 0.514. The maximum absolute atomic E-state index is 12.5. The number of benzene rings is 3. The first-order valence-corrected chi connectivity index (χ1v) is 11.1. The van der Waals surface area contributed by atoms with Gasteiger partial charge in [-0.1, -0.05) is 55.3 Å². The summed E-state index contributed by atoms with van der Waals surface area (Å²) in [4.78, 5) is 12.5. The second-order valence-electron chi connectivity index (χ2n) is 8.37. The highest BCUT2D eigenvalue weighted by Gasteiger charge is 2.42. The number of nitriles is 1. The monoisotopic (exact) mass is 412 g/mol. The van der Waals surface area contributed by atoms with Gasteiger partial charge in [0.2, 0.25) is 0 Å². The zero-order chi connectivity index (χ0) is 21.7. The van der Waals surface area contributed by atoms with Crippen molar-refractivity contribution in [3.63, 3.8) is 0 Å². The number of esters is 1. The number of nitrogens with zero attached hydrogens (tertiary/aromatic N) is 1. The van der Waals surface area contributed by atoms with E-state index in [-0.39, 0.29) is 11.4 Å². The number of hydrogen-bond donors (Lipinski definition) is 1. The van der Waals surface area contributed by atoms with Crippen LogP contribution in [-0.2, 0) is 16.1 Å². The van der Waals surface area contributed by atoms with Crippen LogP contribution in [0.25, 0.3) is 21.9 Å². The van der Waals surface area contributed by atoms with Crippen LogP contribution in [0.4, 0.5) is 0 Å². The normalized spacial score (nSPS) is 15.0. The summed E-state index contributed by atoms with van der Waals surface area (Å²) in [6, 6.07) is 22.7. The van der Waals surface area contributed by atoms with Crippen LogP contribution in [0, 0.1) is 16.7 Å². The number of fused-ring (bicyclic) bond motifs is 1. The minimum Gasteiger partial charge on any atom is -0.466 e. The van der Waals surface area contributed by atoms with Gasteiger partial charge in [0.15, 0.2) is 0 Å². The average molecular weight is 413 g/mol. The van der Waals surface area contributed by atoms with Gasteiger partial charge in [-0.25, -0.2) is 0 Å². The van der Waals surface area contributed by atoms with Crippen molar-refractivity contribution in [2.75, 3.05) is 13.2 Å². The smallest absolute Gasteiger partial charge is 0.313 e. The van der Waals surface area contributed by atoms with Crippen molar-refractivity contribution < 1.29 is 9.53 Å². The minimum absolute atomic E-state index is 0.0521. The Morgan fingerprint density at radius 2 is 1.81 bits per heavy atom. The van der Waals surface area contributed by atoms with Gasteiger partial charge in [0, 0.05) is 13.1 Å². The molecule has 1 aliphatic rings. The summed E-state index contributed by atoms with van der Waals surface area (Å²) in [5, 5.41) is 15.2. The van der Waals surface area contributed by atoms with Crippen molar-refractivity contribution in [3.8, 4) is 17.2 Å². The van der Waals surface area contributed by atoms with Gasteiger partial charge in [-0.15, -0.1) is 0 Å². The number of rotatable bonds is 7. The third-order valence-electron chi connectivity index (χ3n) is 6.32. The molecule has 158 valence electrons. The molecule has 0 aromatic heterocycles. The topological polar surface area (TPSA) is 62.1 Å². The van der Waals surface area contributed by atoms with Crippen LogP contribution in [0.3, 0.4) is 0 Å². The molecule has 0 aliphatic heterocycles. The Hall–Kier alpha value is -3.16. The van der Waals surface area contributed by atoms with Crippen molar-refractivity contribution in [1.82, 2.24) is 5.32 Å². The standard InChI is InChI=1S/C27H28N2O2/c1-2-31-26(30)27(13-5-6-14-27)19-29-18-20-9-10-22-16-23(12-11-21(22)15-20)25-8-4-3-7-24(25)17-28/h3-4,7-12,15-16,29H,2,5-6,13-14,18-19H2,1H3. The van der Waals surface area contributed by atoms with Crippen LogP contribution < -0.4 is 5.32 Å². The Morgan fingerprint density at radius 1 is 1.06 bits per heavy atom. The summed E-state index contributed by atoms with van der Waals surface area (Å²) in [5.74, 6) is -0.0521. The number of nitrogens with one attached hydrogen (secondary N) is 1. The van der Waals surface area contributed by atoms with E-state index in [1.54, 1.807) is 0 Å². The molecule has 0 radical (unpaired) electrons. The Bertz CT molecular complexity index is 1120. The predicted octanol–water partition coefficient (Wildman–Crippen LogP) is 5.59. The van der Waals surface area contributed by atoms with E-state index in [1.165, 1.54) is 10.9 Å². The highest BCUT2D eigenvalue weighted by atomic mass is 16.5. The molecule has 3 aromatic rings. The summed E-state index contributed by atoms with van der Waals surface area (Å²) in [5.41, 5.74) is 3.52. The van der Waals surface area contributed by atoms with E-state index in [9.17, 15) is 10.1 Å². The molecule has 4 nitrogen and oxygen atoms in total. The summed E-state index contributed by atoms with van der Waals surface area (Å²) in [6.45, 7) is 3.68. The van der Waals surface area contributed by atoms with Crippen LogP contribution in [0.2, 0.25) is 0 Å². The number of carbonyl (C=O) groups excluding carboxylic acids is 1. The highest BCUT2D eigenvalue weighted by molar-refractivity contribution is 5.88. The molecule has 1 aliphatic carbocycles. The number of ether oxygens (including phenoxy) is 1. The molecular formula is C27H28N2O2. The molecule has 1 saturated carbocycles. The van der Waals surface area contributed by atoms with Gasteiger partial charge in [-0.05, 0) is 65.4 Å². The van der Waals surface area contributed by atoms with Gasteiger partial charge in [0.25, 0.3) is 0 Å². The second-order valence-corrected chi connectivity index (χ2v) is 8.37. The first-order chi connectivity index (χ1) is 15.1. The Morgan fingerprint density at radius 3 is 2.58 bits per heavy atom. The lowest BCUT2D eigenvalue weighted by molar-refractivity contribution is -0.154. The summed E-state index contributed by atoms with van der Waals surface area (Å²) < 4.78 is 5.35. The molecule has 0 amide bonds. The van der Waals surface area contributed by atoms with Crippen LogP contribution in [0.5, 0.6) is 0 Å². The molecule has 0 atom stereocenters. The lowest BCUT2D eigenvalue weighted by Crippen LogP contribution is -2.40. The Labute approximate surface area is 183 Å². The van der Waals surface area contributed by atoms with Gasteiger partial charge >= 0.3 is 5.97 Å². The molecule has 31 heavy (non-hydrogen) atoms. The molecule has 1 fully saturated rings. The lowest BCUT2D eigenvalue weighted by Gasteiger charge is -2.26. The average Bonchev–Trinajstić information content (AvgIpc) is 3.29. The molecule has 0 bridgehead atoms. The maximum Gasteiger partial charge on any atom is 0.313 e. The third-order valence-corrected chi connectivity index (χ3v) is 6.32. The molecule has 1 N–H and O–H groups in total. The molecule has 4 rings (SSSR count). The van der Waals surface area contributed by atoms with Crippen molar-refractivity contribution in [1.29, 1.82) is 5.26 Å². The van der Waals surface area contributed by atoms with Crippen molar-refractivity contribution in [2.45, 2.75) is 39.2 Å². The van der Waals surface area contributed by atoms with Crippen LogP contribution in [-0.4, -0.2) is 19.1 Å². The van der Waals surface area contributed by atoms with Crippen molar-refractivity contribution >= 4 is 16.7 Å². The van der Waals surface area contributed by atoms with Crippen LogP contribution >= 0.6 is 0 Å². The minimum atomic E-state index is -0.365. The Kier molecular flexibility index (Phi) is 6.34. The summed E-state index contributed by atoms with van der Waals surface area (Å²) in [6.07, 6.45) is 3.99. The van der Waals surface area contributed by atoms with Crippen molar-refractivity contribution in [3.05, 3.63) is 71.8 Å². The number of carbonyl (C=O) groups is 1. The molecule has 3 aromatic carbocycles. The van der Waals surface area contributed by atoms with Crippen LogP contribution in [0.15, 0.2) is 60.7 Å². The molecule has 0 unspecified atom stereocenters. The van der Waals surface area contributed by atoms with E-state index in [4.69, 9.17) is 4.74 Å². The molecule has 0 heterocycles. The van der Waals surface area contributed by atoms with Gasteiger partial charge in [0.05, 0.1) is 23.7 Å². The van der Waals surface area contributed by atoms with E-state index in [0.717, 1.165) is 48.7 Å². The third kappa shape index (κ3) is 4.47. The van der Waals surface area contributed by atoms with Gasteiger partial charge in [-0.3, -0.25) is 4.79 Å². The fraction of sp³-hybridized carbons (Fsp3) is 0.333. The van der Waals surface area contributed by atoms with Gasteiger partial charge < -0.3 is 10.1 Å². The largest absolute Gasteiger partial charge is 0.466 e. The fourth-order valence-electron chi connectivity index (χ4n) is 4.64. The summed E-state index contributed by atoms with van der Waals surface area (Å²) >= 11 is 0. The molecule has 4 heteroatoms. The SMILES string of the molecule is CCOC(=O)C1(CNCc2ccc3cc(-c4ccccc4C#N)ccc3c2)CCCC1. The Balaban J connectivity index is 1.47. The van der Waals surface area contributed by atoms with Gasteiger partial charge in [0.1, 0.15) is 0 Å². The molecule has 0 saturated heterocycles. The van der Waals surface area contributed by atoms with E-state index in [2.05, 4.69) is 47.8 Å². The second kappa shape index (κ2) is 9.32. The predicted molar refractivity (Wildman–Crippen MR) is 123 cm³/mol. The van der Waals surface area contributed by atoms with E-state index in [1.807, 2.05) is 31.2 Å². The van der Waals surface area contributed by atoms with E-state index < -0.39 is 0 Å². The first-order valence-electron chi connectivity index (χ1n) is 11.1. The maximum atomic E-state index is 12.5. The lowest BCUT2D eigenvalue weighted by atomic mass is 9.86. The highest BCUT2D eigenvalue weighted by Crippen LogP contribution is 2.39. The number of hydrogen-bond acceptors (Lipinski definition) is 4. The van der Waals surface area contributed by atoms with Crippen molar-refractivity contribution in [2.24, 2.45) is 5.41 Å². The first kappa shape index (κ1) is 21.1.